The Bertz CT molecular complexity index is 326. The predicted octanol–water partition coefficient (Wildman–Crippen LogP) is 3.41. The Balaban J connectivity index is 2.39. The van der Waals surface area contributed by atoms with E-state index in [0.29, 0.717) is 18.4 Å². The summed E-state index contributed by atoms with van der Waals surface area (Å²) in [6.45, 7) is 5.80. The number of ether oxygens (including phenoxy) is 2. The van der Waals surface area contributed by atoms with E-state index >= 15 is 0 Å². The molecule has 0 spiro atoms. The van der Waals surface area contributed by atoms with Gasteiger partial charge in [0.15, 0.2) is 0 Å². The Kier molecular flexibility index (Phi) is 6.45. The fourth-order valence-corrected chi connectivity index (χ4v) is 2.07. The molecule has 1 aromatic rings. The highest BCUT2D eigenvalue weighted by atomic mass is 32.1. The molecular formula is C14H22O2S. The number of methoxy groups -OCH3 is 1. The summed E-state index contributed by atoms with van der Waals surface area (Å²) >= 11 is 4.35. The Morgan fingerprint density at radius 3 is 2.65 bits per heavy atom. The molecule has 17 heavy (non-hydrogen) atoms. The van der Waals surface area contributed by atoms with Gasteiger partial charge in [0.05, 0.1) is 20.3 Å². The van der Waals surface area contributed by atoms with Gasteiger partial charge in [0.25, 0.3) is 0 Å². The standard InChI is InChI=1S/C14H22O2S/c1-11(2)13(10-17)9-16-8-12-5-4-6-14(7-12)15-3/h4-7,11,13,17H,8-10H2,1-3H3. The first kappa shape index (κ1) is 14.4. The maximum Gasteiger partial charge on any atom is 0.119 e. The van der Waals surface area contributed by atoms with Gasteiger partial charge in [-0.25, -0.2) is 0 Å². The molecule has 2 nitrogen and oxygen atoms in total. The molecule has 0 radical (unpaired) electrons. The van der Waals surface area contributed by atoms with Crippen molar-refractivity contribution >= 4 is 12.6 Å². The average molecular weight is 254 g/mol. The van der Waals surface area contributed by atoms with Crippen molar-refractivity contribution < 1.29 is 9.47 Å². The van der Waals surface area contributed by atoms with Gasteiger partial charge in [-0.15, -0.1) is 0 Å². The molecule has 0 aromatic heterocycles. The average Bonchev–Trinajstić information content (AvgIpc) is 2.34. The lowest BCUT2D eigenvalue weighted by Gasteiger charge is -2.18. The highest BCUT2D eigenvalue weighted by Crippen LogP contribution is 2.16. The largest absolute Gasteiger partial charge is 0.497 e. The maximum atomic E-state index is 5.73. The van der Waals surface area contributed by atoms with Crippen LogP contribution >= 0.6 is 12.6 Å². The second-order valence-corrected chi connectivity index (χ2v) is 4.92. The van der Waals surface area contributed by atoms with Gasteiger partial charge in [-0.05, 0) is 35.3 Å². The predicted molar refractivity (Wildman–Crippen MR) is 74.8 cm³/mol. The van der Waals surface area contributed by atoms with Gasteiger partial charge in [-0.1, -0.05) is 26.0 Å². The molecule has 1 rings (SSSR count). The summed E-state index contributed by atoms with van der Waals surface area (Å²) in [5, 5.41) is 0. The van der Waals surface area contributed by atoms with Crippen molar-refractivity contribution in [2.45, 2.75) is 20.5 Å². The molecule has 1 aromatic carbocycles. The van der Waals surface area contributed by atoms with Crippen LogP contribution < -0.4 is 4.74 Å². The molecule has 0 amide bonds. The van der Waals surface area contributed by atoms with Crippen LogP contribution in [0.3, 0.4) is 0 Å². The van der Waals surface area contributed by atoms with Gasteiger partial charge in [-0.3, -0.25) is 0 Å². The molecule has 3 heteroatoms. The van der Waals surface area contributed by atoms with Crippen LogP contribution in [-0.2, 0) is 11.3 Å². The minimum absolute atomic E-state index is 0.518. The minimum atomic E-state index is 0.518. The van der Waals surface area contributed by atoms with Gasteiger partial charge in [0, 0.05) is 0 Å². The van der Waals surface area contributed by atoms with Crippen LogP contribution in [0.25, 0.3) is 0 Å². The third-order valence-electron chi connectivity index (χ3n) is 2.91. The zero-order chi connectivity index (χ0) is 12.7. The third-order valence-corrected chi connectivity index (χ3v) is 3.38. The molecule has 0 aliphatic carbocycles. The fourth-order valence-electron chi connectivity index (χ4n) is 1.55. The van der Waals surface area contributed by atoms with Gasteiger partial charge in [-0.2, -0.15) is 12.6 Å². The quantitative estimate of drug-likeness (QED) is 0.752. The number of thiol groups is 1. The zero-order valence-corrected chi connectivity index (χ0v) is 11.7. The van der Waals surface area contributed by atoms with Crippen LogP contribution in [0, 0.1) is 11.8 Å². The number of rotatable bonds is 7. The minimum Gasteiger partial charge on any atom is -0.497 e. The highest BCUT2D eigenvalue weighted by Gasteiger charge is 2.11. The zero-order valence-electron chi connectivity index (χ0n) is 10.8. The molecule has 0 fully saturated rings. The van der Waals surface area contributed by atoms with Crippen molar-refractivity contribution in [3.8, 4) is 5.75 Å². The molecule has 96 valence electrons. The molecular weight excluding hydrogens is 232 g/mol. The van der Waals surface area contributed by atoms with E-state index in [-0.39, 0.29) is 0 Å². The van der Waals surface area contributed by atoms with Gasteiger partial charge < -0.3 is 9.47 Å². The van der Waals surface area contributed by atoms with E-state index in [1.807, 2.05) is 24.3 Å². The normalized spacial score (nSPS) is 12.8. The molecule has 1 atom stereocenters. The summed E-state index contributed by atoms with van der Waals surface area (Å²) in [7, 11) is 1.68. The summed E-state index contributed by atoms with van der Waals surface area (Å²) in [5.74, 6) is 2.87. The van der Waals surface area contributed by atoms with Crippen LogP contribution in [0.5, 0.6) is 5.75 Å². The summed E-state index contributed by atoms with van der Waals surface area (Å²) in [5.41, 5.74) is 1.14. The lowest BCUT2D eigenvalue weighted by atomic mass is 9.99. The summed E-state index contributed by atoms with van der Waals surface area (Å²) in [4.78, 5) is 0. The van der Waals surface area contributed by atoms with Crippen molar-refractivity contribution in [2.75, 3.05) is 19.5 Å². The van der Waals surface area contributed by atoms with E-state index in [9.17, 15) is 0 Å². The van der Waals surface area contributed by atoms with E-state index in [4.69, 9.17) is 9.47 Å². The molecule has 0 N–H and O–H groups in total. The van der Waals surface area contributed by atoms with Crippen LogP contribution in [0.15, 0.2) is 24.3 Å². The van der Waals surface area contributed by atoms with Crippen LogP contribution in [0.4, 0.5) is 0 Å². The molecule has 1 unspecified atom stereocenters. The first-order chi connectivity index (χ1) is 8.17. The van der Waals surface area contributed by atoms with E-state index < -0.39 is 0 Å². The summed E-state index contributed by atoms with van der Waals surface area (Å²) in [6.07, 6.45) is 0. The van der Waals surface area contributed by atoms with Crippen LogP contribution in [-0.4, -0.2) is 19.5 Å². The fraction of sp³-hybridized carbons (Fsp3) is 0.571. The molecule has 0 aliphatic heterocycles. The lowest BCUT2D eigenvalue weighted by molar-refractivity contribution is 0.0797. The molecule has 0 aliphatic rings. The Morgan fingerprint density at radius 1 is 1.29 bits per heavy atom. The third kappa shape index (κ3) is 5.00. The topological polar surface area (TPSA) is 18.5 Å². The second kappa shape index (κ2) is 7.62. The molecule has 0 saturated heterocycles. The second-order valence-electron chi connectivity index (χ2n) is 4.55. The van der Waals surface area contributed by atoms with E-state index in [1.54, 1.807) is 7.11 Å². The van der Waals surface area contributed by atoms with Crippen LogP contribution in [0.1, 0.15) is 19.4 Å². The summed E-state index contributed by atoms with van der Waals surface area (Å²) < 4.78 is 10.9. The Morgan fingerprint density at radius 2 is 2.06 bits per heavy atom. The highest BCUT2D eigenvalue weighted by molar-refractivity contribution is 7.80. The first-order valence-electron chi connectivity index (χ1n) is 5.99. The van der Waals surface area contributed by atoms with E-state index in [2.05, 4.69) is 26.5 Å². The number of hydrogen-bond donors (Lipinski definition) is 1. The smallest absolute Gasteiger partial charge is 0.119 e. The maximum absolute atomic E-state index is 5.73. The SMILES string of the molecule is COc1cccc(COCC(CS)C(C)C)c1. The van der Waals surface area contributed by atoms with Crippen molar-refractivity contribution in [1.29, 1.82) is 0 Å². The monoisotopic (exact) mass is 254 g/mol. The van der Waals surface area contributed by atoms with E-state index in [0.717, 1.165) is 23.7 Å². The van der Waals surface area contributed by atoms with Crippen molar-refractivity contribution in [1.82, 2.24) is 0 Å². The number of benzene rings is 1. The van der Waals surface area contributed by atoms with E-state index in [1.165, 1.54) is 0 Å². The Hall–Kier alpha value is -0.670. The van der Waals surface area contributed by atoms with Gasteiger partial charge >= 0.3 is 0 Å². The van der Waals surface area contributed by atoms with Crippen molar-refractivity contribution in [3.05, 3.63) is 29.8 Å². The first-order valence-corrected chi connectivity index (χ1v) is 6.62. The van der Waals surface area contributed by atoms with Crippen molar-refractivity contribution in [3.63, 3.8) is 0 Å². The molecule has 0 heterocycles. The van der Waals surface area contributed by atoms with Gasteiger partial charge in [0.1, 0.15) is 5.75 Å². The van der Waals surface area contributed by atoms with Crippen molar-refractivity contribution in [2.24, 2.45) is 11.8 Å². The number of hydrogen-bond acceptors (Lipinski definition) is 3. The van der Waals surface area contributed by atoms with Gasteiger partial charge in [0.2, 0.25) is 0 Å². The lowest BCUT2D eigenvalue weighted by Crippen LogP contribution is -2.17. The summed E-state index contributed by atoms with van der Waals surface area (Å²) in [6, 6.07) is 7.98. The van der Waals surface area contributed by atoms with Crippen LogP contribution in [0.2, 0.25) is 0 Å². The Labute approximate surface area is 110 Å². The molecule has 0 bridgehead atoms. The molecule has 0 saturated carbocycles.